The molecule has 0 amide bonds. The molecule has 21 heavy (non-hydrogen) atoms. The Morgan fingerprint density at radius 3 is 2.71 bits per heavy atom. The van der Waals surface area contributed by atoms with Gasteiger partial charge in [-0.15, -0.1) is 0 Å². The van der Waals surface area contributed by atoms with Crippen LogP contribution >= 0.6 is 0 Å². The van der Waals surface area contributed by atoms with Crippen LogP contribution in [-0.2, 0) is 10.0 Å². The summed E-state index contributed by atoms with van der Waals surface area (Å²) < 4.78 is 41.3. The number of nitrogens with two attached hydrogens (primary N) is 1. The van der Waals surface area contributed by atoms with Crippen LogP contribution in [0.2, 0.25) is 0 Å². The van der Waals surface area contributed by atoms with Crippen LogP contribution in [0.3, 0.4) is 0 Å². The monoisotopic (exact) mass is 313 g/mol. The lowest BCUT2D eigenvalue weighted by atomic mass is 10.2. The number of likely N-dealkylation sites (tertiary alicyclic amines) is 1. The molecule has 1 atom stereocenters. The van der Waals surface area contributed by atoms with Crippen molar-refractivity contribution in [1.29, 1.82) is 0 Å². The number of hydrogen-bond acceptors (Lipinski definition) is 4. The average molecular weight is 313 g/mol. The Morgan fingerprint density at radius 1 is 1.33 bits per heavy atom. The van der Waals surface area contributed by atoms with E-state index in [4.69, 9.17) is 5.73 Å². The van der Waals surface area contributed by atoms with Gasteiger partial charge in [-0.25, -0.2) is 17.5 Å². The number of hydrogen-bond donors (Lipinski definition) is 2. The lowest BCUT2D eigenvalue weighted by Crippen LogP contribution is -2.37. The molecule has 1 saturated carbocycles. The number of halogens is 1. The fourth-order valence-electron chi connectivity index (χ4n) is 2.89. The van der Waals surface area contributed by atoms with Crippen molar-refractivity contribution in [3.05, 3.63) is 23.5 Å². The largest absolute Gasteiger partial charge is 0.399 e. The number of nitrogens with one attached hydrogen (secondary N) is 1. The molecule has 1 saturated heterocycles. The van der Waals surface area contributed by atoms with Gasteiger partial charge in [0, 0.05) is 36.4 Å². The third-order valence-corrected chi connectivity index (χ3v) is 5.86. The van der Waals surface area contributed by atoms with Crippen LogP contribution in [0.5, 0.6) is 0 Å². The van der Waals surface area contributed by atoms with Crippen LogP contribution in [0.25, 0.3) is 0 Å². The molecular formula is C14H20FN3O2S. The lowest BCUT2D eigenvalue weighted by Gasteiger charge is -2.17. The average Bonchev–Trinajstić information content (AvgIpc) is 3.15. The third kappa shape index (κ3) is 3.04. The molecule has 1 aliphatic heterocycles. The van der Waals surface area contributed by atoms with E-state index in [9.17, 15) is 12.8 Å². The summed E-state index contributed by atoms with van der Waals surface area (Å²) in [5.41, 5.74) is 5.78. The molecular weight excluding hydrogens is 293 g/mol. The van der Waals surface area contributed by atoms with Crippen molar-refractivity contribution in [2.75, 3.05) is 18.8 Å². The van der Waals surface area contributed by atoms with Crippen molar-refractivity contribution < 1.29 is 12.8 Å². The zero-order valence-electron chi connectivity index (χ0n) is 12.0. The molecule has 0 radical (unpaired) electrons. The summed E-state index contributed by atoms with van der Waals surface area (Å²) in [7, 11) is -3.74. The summed E-state index contributed by atoms with van der Waals surface area (Å²) in [5.74, 6) is -0.596. The van der Waals surface area contributed by atoms with Gasteiger partial charge in [0.25, 0.3) is 0 Å². The van der Waals surface area contributed by atoms with E-state index in [-0.39, 0.29) is 22.2 Å². The molecule has 2 aliphatic rings. The molecule has 3 N–H and O–H groups in total. The van der Waals surface area contributed by atoms with Gasteiger partial charge in [0.15, 0.2) is 0 Å². The Morgan fingerprint density at radius 2 is 2.05 bits per heavy atom. The topological polar surface area (TPSA) is 75.4 Å². The Bertz CT molecular complexity index is 658. The van der Waals surface area contributed by atoms with Gasteiger partial charge in [0.2, 0.25) is 10.0 Å². The van der Waals surface area contributed by atoms with E-state index >= 15 is 0 Å². The van der Waals surface area contributed by atoms with E-state index in [0.29, 0.717) is 6.04 Å². The van der Waals surface area contributed by atoms with Gasteiger partial charge in [-0.1, -0.05) is 0 Å². The predicted octanol–water partition coefficient (Wildman–Crippen LogP) is 1.23. The number of anilines is 1. The fourth-order valence-corrected chi connectivity index (χ4v) is 4.44. The third-order valence-electron chi connectivity index (χ3n) is 4.21. The van der Waals surface area contributed by atoms with Crippen LogP contribution in [0.1, 0.15) is 24.8 Å². The second kappa shape index (κ2) is 5.23. The molecule has 116 valence electrons. The van der Waals surface area contributed by atoms with Crippen molar-refractivity contribution >= 4 is 15.7 Å². The van der Waals surface area contributed by atoms with E-state index in [1.165, 1.54) is 25.8 Å². The molecule has 1 unspecified atom stereocenters. The molecule has 1 aromatic rings. The highest BCUT2D eigenvalue weighted by Crippen LogP contribution is 2.30. The van der Waals surface area contributed by atoms with E-state index < -0.39 is 15.8 Å². The highest BCUT2D eigenvalue weighted by Gasteiger charge is 2.36. The normalized spacial score (nSPS) is 23.6. The molecule has 1 heterocycles. The molecule has 0 bridgehead atoms. The number of nitrogens with zero attached hydrogens (tertiary/aromatic N) is 1. The first kappa shape index (κ1) is 14.7. The fraction of sp³-hybridized carbons (Fsp3) is 0.571. The molecule has 1 aliphatic carbocycles. The first-order chi connectivity index (χ1) is 9.87. The van der Waals surface area contributed by atoms with Crippen molar-refractivity contribution in [2.24, 2.45) is 0 Å². The first-order valence-corrected chi connectivity index (χ1v) is 8.67. The van der Waals surface area contributed by atoms with Crippen molar-refractivity contribution in [3.8, 4) is 0 Å². The molecule has 3 rings (SSSR count). The van der Waals surface area contributed by atoms with Gasteiger partial charge in [-0.05, 0) is 38.3 Å². The van der Waals surface area contributed by atoms with Crippen molar-refractivity contribution in [1.82, 2.24) is 9.62 Å². The molecule has 0 aromatic heterocycles. The van der Waals surface area contributed by atoms with Crippen LogP contribution in [0, 0.1) is 12.7 Å². The Hall–Kier alpha value is -1.18. The number of sulfonamides is 1. The highest BCUT2D eigenvalue weighted by molar-refractivity contribution is 7.89. The van der Waals surface area contributed by atoms with Crippen molar-refractivity contribution in [2.45, 2.75) is 43.2 Å². The van der Waals surface area contributed by atoms with E-state index in [0.717, 1.165) is 25.6 Å². The van der Waals surface area contributed by atoms with Gasteiger partial charge in [0.05, 0.1) is 4.90 Å². The lowest BCUT2D eigenvalue weighted by molar-refractivity contribution is 0.322. The SMILES string of the molecule is Cc1c(F)cc(N)cc1S(=O)(=O)NC1CCN(C2CC2)C1. The van der Waals surface area contributed by atoms with Crippen LogP contribution in [-0.4, -0.2) is 38.5 Å². The summed E-state index contributed by atoms with van der Waals surface area (Å²) in [6.45, 7) is 3.10. The zero-order chi connectivity index (χ0) is 15.2. The van der Waals surface area contributed by atoms with Crippen LogP contribution in [0.15, 0.2) is 17.0 Å². The maximum absolute atomic E-state index is 13.7. The predicted molar refractivity (Wildman–Crippen MR) is 78.9 cm³/mol. The smallest absolute Gasteiger partial charge is 0.241 e. The minimum Gasteiger partial charge on any atom is -0.399 e. The van der Waals surface area contributed by atoms with Crippen LogP contribution in [0.4, 0.5) is 10.1 Å². The van der Waals surface area contributed by atoms with Crippen LogP contribution < -0.4 is 10.5 Å². The second-order valence-electron chi connectivity index (χ2n) is 5.96. The summed E-state index contributed by atoms with van der Waals surface area (Å²) in [5, 5.41) is 0. The van der Waals surface area contributed by atoms with Gasteiger partial charge in [-0.3, -0.25) is 4.90 Å². The molecule has 1 aromatic carbocycles. The Labute approximate surface area is 124 Å². The standard InChI is InChI=1S/C14H20FN3O2S/c1-9-13(15)6-10(16)7-14(9)21(19,20)17-11-4-5-18(8-11)12-2-3-12/h6-7,11-12,17H,2-5,8,16H2,1H3. The van der Waals surface area contributed by atoms with Gasteiger partial charge in [0.1, 0.15) is 5.82 Å². The van der Waals surface area contributed by atoms with E-state index in [1.807, 2.05) is 0 Å². The maximum Gasteiger partial charge on any atom is 0.241 e. The highest BCUT2D eigenvalue weighted by atomic mass is 32.2. The molecule has 5 nitrogen and oxygen atoms in total. The molecule has 0 spiro atoms. The van der Waals surface area contributed by atoms with Gasteiger partial charge < -0.3 is 5.73 Å². The summed E-state index contributed by atoms with van der Waals surface area (Å²) in [4.78, 5) is 2.25. The Balaban J connectivity index is 1.78. The minimum atomic E-state index is -3.74. The van der Waals surface area contributed by atoms with Gasteiger partial charge in [-0.2, -0.15) is 0 Å². The number of nitrogen functional groups attached to an aromatic ring is 1. The summed E-state index contributed by atoms with van der Waals surface area (Å²) >= 11 is 0. The first-order valence-electron chi connectivity index (χ1n) is 7.19. The van der Waals surface area contributed by atoms with E-state index in [1.54, 1.807) is 0 Å². The zero-order valence-corrected chi connectivity index (χ0v) is 12.8. The second-order valence-corrected chi connectivity index (χ2v) is 7.64. The summed E-state index contributed by atoms with van der Waals surface area (Å²) in [6, 6.07) is 2.97. The minimum absolute atomic E-state index is 0.0649. The molecule has 2 fully saturated rings. The van der Waals surface area contributed by atoms with Gasteiger partial charge >= 0.3 is 0 Å². The summed E-state index contributed by atoms with van der Waals surface area (Å²) in [6.07, 6.45) is 3.21. The number of benzene rings is 1. The molecule has 7 heteroatoms. The van der Waals surface area contributed by atoms with Crippen molar-refractivity contribution in [3.63, 3.8) is 0 Å². The maximum atomic E-state index is 13.7. The number of rotatable bonds is 4. The quantitative estimate of drug-likeness (QED) is 0.820. The van der Waals surface area contributed by atoms with E-state index in [2.05, 4.69) is 9.62 Å². The Kier molecular flexibility index (Phi) is 3.67.